The number of hydrogen-bond donors (Lipinski definition) is 3. The van der Waals surface area contributed by atoms with Gasteiger partial charge in [-0.3, -0.25) is 10.1 Å². The zero-order valence-corrected chi connectivity index (χ0v) is 16.4. The van der Waals surface area contributed by atoms with Gasteiger partial charge >= 0.3 is 0 Å². The molecule has 1 aromatic carbocycles. The van der Waals surface area contributed by atoms with Gasteiger partial charge in [-0.15, -0.1) is 0 Å². The van der Waals surface area contributed by atoms with Gasteiger partial charge in [0.15, 0.2) is 11.5 Å². The first-order valence-corrected chi connectivity index (χ1v) is 10.3. The van der Waals surface area contributed by atoms with E-state index >= 15 is 0 Å². The van der Waals surface area contributed by atoms with Crippen molar-refractivity contribution in [3.8, 4) is 33.9 Å². The summed E-state index contributed by atoms with van der Waals surface area (Å²) in [4.78, 5) is 17.3. The van der Waals surface area contributed by atoms with Crippen LogP contribution in [0.4, 0.5) is 5.69 Å². The fraction of sp³-hybridized carbons (Fsp3) is 0. The molecule has 0 atom stereocenters. The molecule has 144 valence electrons. The molecule has 0 aliphatic carbocycles. The number of nitrogens with one attached hydrogen (secondary N) is 2. The van der Waals surface area contributed by atoms with E-state index in [9.17, 15) is 0 Å². The maximum absolute atomic E-state index is 5.88. The molecular formula is C22H15N7S. The summed E-state index contributed by atoms with van der Waals surface area (Å²) in [6.45, 7) is 0. The van der Waals surface area contributed by atoms with E-state index in [-0.39, 0.29) is 0 Å². The molecular weight excluding hydrogens is 394 g/mol. The lowest BCUT2D eigenvalue weighted by Gasteiger charge is -2.02. The van der Waals surface area contributed by atoms with E-state index in [0.29, 0.717) is 17.2 Å². The number of fused-ring (bicyclic) bond motifs is 2. The Morgan fingerprint density at radius 1 is 0.900 bits per heavy atom. The molecule has 0 fully saturated rings. The lowest BCUT2D eigenvalue weighted by Crippen LogP contribution is -1.90. The van der Waals surface area contributed by atoms with Crippen molar-refractivity contribution in [1.29, 1.82) is 0 Å². The Morgan fingerprint density at radius 2 is 1.87 bits per heavy atom. The molecule has 30 heavy (non-hydrogen) atoms. The standard InChI is InChI=1S/C22H15N7S/c23-14-8-13(9-24-10-14)16-4-5-18-20(25-16)21(29-28-18)22-26-17-3-1-2-15(19(17)27-22)12-6-7-30-11-12/h1-11H,23H2,(H,26,27)(H,28,29). The largest absolute Gasteiger partial charge is 0.397 e. The van der Waals surface area contributed by atoms with Gasteiger partial charge in [-0.05, 0) is 46.7 Å². The zero-order valence-electron chi connectivity index (χ0n) is 15.6. The van der Waals surface area contributed by atoms with Crippen LogP contribution in [-0.2, 0) is 0 Å². The van der Waals surface area contributed by atoms with Gasteiger partial charge in [-0.1, -0.05) is 12.1 Å². The first kappa shape index (κ1) is 16.9. The van der Waals surface area contributed by atoms with Crippen LogP contribution < -0.4 is 5.73 Å². The lowest BCUT2D eigenvalue weighted by atomic mass is 10.1. The molecule has 6 aromatic rings. The number of para-hydroxylation sites is 1. The fourth-order valence-corrected chi connectivity index (χ4v) is 4.27. The number of aromatic nitrogens is 6. The second-order valence-corrected chi connectivity index (χ2v) is 7.75. The Bertz CT molecular complexity index is 1510. The molecule has 0 unspecified atom stereocenters. The number of pyridine rings is 2. The number of thiophene rings is 1. The number of imidazole rings is 1. The number of nitrogens with zero attached hydrogens (tertiary/aromatic N) is 4. The van der Waals surface area contributed by atoms with Crippen molar-refractivity contribution in [2.24, 2.45) is 0 Å². The van der Waals surface area contributed by atoms with Crippen LogP contribution in [0.15, 0.2) is 65.6 Å². The quantitative estimate of drug-likeness (QED) is 0.386. The van der Waals surface area contributed by atoms with Crippen molar-refractivity contribution in [3.63, 3.8) is 0 Å². The summed E-state index contributed by atoms with van der Waals surface area (Å²) in [7, 11) is 0. The Labute approximate surface area is 174 Å². The molecule has 0 radical (unpaired) electrons. The van der Waals surface area contributed by atoms with E-state index in [1.54, 1.807) is 23.7 Å². The van der Waals surface area contributed by atoms with Gasteiger partial charge in [0, 0.05) is 23.5 Å². The predicted molar refractivity (Wildman–Crippen MR) is 120 cm³/mol. The molecule has 5 aromatic heterocycles. The Balaban J connectivity index is 1.52. The summed E-state index contributed by atoms with van der Waals surface area (Å²) in [6.07, 6.45) is 3.36. The fourth-order valence-electron chi connectivity index (χ4n) is 3.62. The Kier molecular flexibility index (Phi) is 3.65. The van der Waals surface area contributed by atoms with E-state index in [1.807, 2.05) is 30.3 Å². The Hall–Kier alpha value is -4.04. The van der Waals surface area contributed by atoms with Gasteiger partial charge in [-0.2, -0.15) is 16.4 Å². The van der Waals surface area contributed by atoms with Gasteiger partial charge in [0.1, 0.15) is 5.52 Å². The minimum absolute atomic E-state index is 0.597. The highest BCUT2D eigenvalue weighted by molar-refractivity contribution is 7.08. The van der Waals surface area contributed by atoms with Crippen LogP contribution in [0, 0.1) is 0 Å². The average Bonchev–Trinajstić information content (AvgIpc) is 3.51. The molecule has 8 heteroatoms. The maximum atomic E-state index is 5.88. The van der Waals surface area contributed by atoms with Crippen molar-refractivity contribution in [2.45, 2.75) is 0 Å². The van der Waals surface area contributed by atoms with Gasteiger partial charge in [0.25, 0.3) is 0 Å². The summed E-state index contributed by atoms with van der Waals surface area (Å²) in [5.74, 6) is 0.675. The Morgan fingerprint density at radius 3 is 2.73 bits per heavy atom. The molecule has 0 aliphatic rings. The van der Waals surface area contributed by atoms with Crippen LogP contribution in [0.5, 0.6) is 0 Å². The van der Waals surface area contributed by atoms with E-state index in [1.165, 1.54) is 0 Å². The van der Waals surface area contributed by atoms with E-state index in [4.69, 9.17) is 15.7 Å². The second-order valence-electron chi connectivity index (χ2n) is 6.97. The second kappa shape index (κ2) is 6.50. The number of benzene rings is 1. The normalized spacial score (nSPS) is 11.5. The maximum Gasteiger partial charge on any atom is 0.161 e. The van der Waals surface area contributed by atoms with Crippen molar-refractivity contribution >= 4 is 39.1 Å². The summed E-state index contributed by atoms with van der Waals surface area (Å²) >= 11 is 1.67. The summed E-state index contributed by atoms with van der Waals surface area (Å²) in [5.41, 5.74) is 14.5. The number of aromatic amines is 2. The van der Waals surface area contributed by atoms with E-state index < -0.39 is 0 Å². The summed E-state index contributed by atoms with van der Waals surface area (Å²) in [6, 6.07) is 14.0. The third-order valence-corrected chi connectivity index (χ3v) is 5.72. The van der Waals surface area contributed by atoms with Crippen molar-refractivity contribution in [2.75, 3.05) is 5.73 Å². The van der Waals surface area contributed by atoms with Crippen LogP contribution in [0.2, 0.25) is 0 Å². The monoisotopic (exact) mass is 409 g/mol. The minimum Gasteiger partial charge on any atom is -0.397 e. The molecule has 0 saturated heterocycles. The molecule has 0 bridgehead atoms. The number of anilines is 1. The van der Waals surface area contributed by atoms with Crippen molar-refractivity contribution in [1.82, 2.24) is 30.1 Å². The van der Waals surface area contributed by atoms with Gasteiger partial charge in [-0.25, -0.2) is 9.97 Å². The van der Waals surface area contributed by atoms with Crippen LogP contribution in [0.3, 0.4) is 0 Å². The highest BCUT2D eigenvalue weighted by Crippen LogP contribution is 2.32. The topological polar surface area (TPSA) is 109 Å². The molecule has 7 nitrogen and oxygen atoms in total. The van der Waals surface area contributed by atoms with E-state index in [0.717, 1.165) is 44.5 Å². The molecule has 4 N–H and O–H groups in total. The molecule has 0 saturated carbocycles. The van der Waals surface area contributed by atoms with Crippen LogP contribution in [0.25, 0.3) is 56.0 Å². The van der Waals surface area contributed by atoms with Crippen molar-refractivity contribution < 1.29 is 0 Å². The third kappa shape index (κ3) is 2.66. The number of nitrogen functional groups attached to an aromatic ring is 1. The lowest BCUT2D eigenvalue weighted by molar-refractivity contribution is 1.10. The number of H-pyrrole nitrogens is 2. The van der Waals surface area contributed by atoms with Gasteiger partial charge in [0.05, 0.1) is 27.9 Å². The number of hydrogen-bond acceptors (Lipinski definition) is 6. The molecule has 6 rings (SSSR count). The summed E-state index contributed by atoms with van der Waals surface area (Å²) in [5, 5.41) is 11.7. The predicted octanol–water partition coefficient (Wildman–Crippen LogP) is 4.87. The van der Waals surface area contributed by atoms with Gasteiger partial charge in [0.2, 0.25) is 0 Å². The third-order valence-electron chi connectivity index (χ3n) is 5.03. The first-order chi connectivity index (χ1) is 14.8. The number of nitrogens with two attached hydrogens (primary N) is 1. The highest BCUT2D eigenvalue weighted by atomic mass is 32.1. The SMILES string of the molecule is Nc1cncc(-c2ccc3[nH]nc(-c4nc5c(-c6ccsc6)cccc5[nH]4)c3n2)c1. The van der Waals surface area contributed by atoms with Gasteiger partial charge < -0.3 is 10.7 Å². The zero-order chi connectivity index (χ0) is 20.1. The van der Waals surface area contributed by atoms with E-state index in [2.05, 4.69) is 43.1 Å². The molecule has 5 heterocycles. The summed E-state index contributed by atoms with van der Waals surface area (Å²) < 4.78 is 0. The molecule has 0 spiro atoms. The highest BCUT2D eigenvalue weighted by Gasteiger charge is 2.17. The first-order valence-electron chi connectivity index (χ1n) is 9.34. The minimum atomic E-state index is 0.597. The number of rotatable bonds is 3. The smallest absolute Gasteiger partial charge is 0.161 e. The van der Waals surface area contributed by atoms with Crippen LogP contribution in [-0.4, -0.2) is 30.1 Å². The average molecular weight is 409 g/mol. The molecule has 0 amide bonds. The van der Waals surface area contributed by atoms with Crippen LogP contribution in [0.1, 0.15) is 0 Å². The van der Waals surface area contributed by atoms with Crippen molar-refractivity contribution in [3.05, 3.63) is 65.6 Å². The van der Waals surface area contributed by atoms with Crippen LogP contribution >= 0.6 is 11.3 Å². The molecule has 0 aliphatic heterocycles.